The molecule has 2 heterocycles. The van der Waals surface area contributed by atoms with E-state index in [0.29, 0.717) is 6.61 Å². The van der Waals surface area contributed by atoms with Crippen molar-refractivity contribution >= 4 is 11.6 Å². The Morgan fingerprint density at radius 1 is 1.29 bits per heavy atom. The average Bonchev–Trinajstić information content (AvgIpc) is 2.75. The maximum Gasteiger partial charge on any atom is 0.217 e. The number of rotatable bonds is 3. The quantitative estimate of drug-likeness (QED) is 0.742. The van der Waals surface area contributed by atoms with Crippen molar-refractivity contribution in [2.75, 3.05) is 6.61 Å². The van der Waals surface area contributed by atoms with E-state index in [1.54, 1.807) is 0 Å². The number of hydrogen-bond acceptors (Lipinski definition) is 5. The molecule has 17 heavy (non-hydrogen) atoms. The lowest BCUT2D eigenvalue weighted by atomic mass is 10.2. The number of hydrogen-bond donors (Lipinski definition) is 0. The number of carbonyl (C=O) groups is 2. The van der Waals surface area contributed by atoms with Crippen LogP contribution in [0.25, 0.3) is 0 Å². The number of ether oxygens (including phenoxy) is 1. The van der Waals surface area contributed by atoms with Gasteiger partial charge in [0, 0.05) is 20.5 Å². The fourth-order valence-electron chi connectivity index (χ4n) is 1.83. The Morgan fingerprint density at radius 2 is 2.06 bits per heavy atom. The predicted molar refractivity (Wildman–Crippen MR) is 58.9 cm³/mol. The minimum atomic E-state index is -0.275. The maximum atomic E-state index is 11.5. The molecule has 0 saturated carbocycles. The van der Waals surface area contributed by atoms with Gasteiger partial charge in [0.25, 0.3) is 0 Å². The second kappa shape index (κ2) is 4.75. The smallest absolute Gasteiger partial charge is 0.217 e. The first-order chi connectivity index (χ1) is 8.09. The molecule has 6 nitrogen and oxygen atoms in total. The van der Waals surface area contributed by atoms with Crippen LogP contribution in [-0.4, -0.2) is 32.9 Å². The van der Waals surface area contributed by atoms with Crippen LogP contribution in [0, 0.1) is 0 Å². The Bertz CT molecular complexity index is 447. The zero-order valence-corrected chi connectivity index (χ0v) is 9.97. The highest BCUT2D eigenvalue weighted by molar-refractivity contribution is 5.94. The molecule has 0 N–H and O–H groups in total. The maximum absolute atomic E-state index is 11.5. The van der Waals surface area contributed by atoms with Crippen molar-refractivity contribution in [3.63, 3.8) is 0 Å². The Hall–Kier alpha value is -1.56. The van der Waals surface area contributed by atoms with Crippen LogP contribution < -0.4 is 0 Å². The average molecular weight is 237 g/mol. The zero-order chi connectivity index (χ0) is 12.4. The summed E-state index contributed by atoms with van der Waals surface area (Å²) in [4.78, 5) is 26.6. The van der Waals surface area contributed by atoms with Gasteiger partial charge in [0.2, 0.25) is 5.82 Å². The van der Waals surface area contributed by atoms with Crippen LogP contribution in [0.3, 0.4) is 0 Å². The molecule has 0 unspecified atom stereocenters. The van der Waals surface area contributed by atoms with Gasteiger partial charge in [-0.05, 0) is 19.3 Å². The lowest BCUT2D eigenvalue weighted by molar-refractivity contribution is -0.0408. The van der Waals surface area contributed by atoms with Gasteiger partial charge in [-0.3, -0.25) is 9.59 Å². The van der Waals surface area contributed by atoms with E-state index in [9.17, 15) is 9.59 Å². The molecule has 0 radical (unpaired) electrons. The molecule has 0 aromatic carbocycles. The Labute approximate surface area is 99.0 Å². The van der Waals surface area contributed by atoms with E-state index in [4.69, 9.17) is 4.74 Å². The van der Waals surface area contributed by atoms with Gasteiger partial charge < -0.3 is 4.74 Å². The summed E-state index contributed by atoms with van der Waals surface area (Å²) in [5.74, 6) is -0.187. The van der Waals surface area contributed by atoms with E-state index in [1.807, 2.05) is 0 Å². The molecule has 92 valence electrons. The van der Waals surface area contributed by atoms with Crippen molar-refractivity contribution < 1.29 is 14.3 Å². The zero-order valence-electron chi connectivity index (χ0n) is 9.97. The first kappa shape index (κ1) is 11.9. The highest BCUT2D eigenvalue weighted by atomic mass is 16.5. The Kier molecular flexibility index (Phi) is 3.33. The Balaban J connectivity index is 2.36. The fraction of sp³-hybridized carbons (Fsp3) is 0.636. The van der Waals surface area contributed by atoms with Gasteiger partial charge in [-0.2, -0.15) is 0 Å². The summed E-state index contributed by atoms with van der Waals surface area (Å²) in [6.07, 6.45) is 2.56. The molecule has 2 rings (SSSR count). The van der Waals surface area contributed by atoms with Gasteiger partial charge in [0.15, 0.2) is 23.6 Å². The van der Waals surface area contributed by atoms with Crippen LogP contribution >= 0.6 is 0 Å². The summed E-state index contributed by atoms with van der Waals surface area (Å²) in [5, 5.41) is 4.06. The van der Waals surface area contributed by atoms with Crippen molar-refractivity contribution in [1.82, 2.24) is 14.8 Å². The van der Waals surface area contributed by atoms with Crippen LogP contribution in [0.1, 0.15) is 60.6 Å². The van der Waals surface area contributed by atoms with Crippen molar-refractivity contribution in [3.05, 3.63) is 11.6 Å². The molecular weight excluding hydrogens is 222 g/mol. The summed E-state index contributed by atoms with van der Waals surface area (Å²) in [5.41, 5.74) is 0. The summed E-state index contributed by atoms with van der Waals surface area (Å²) in [7, 11) is 0. The second-order valence-electron chi connectivity index (χ2n) is 4.14. The molecule has 0 spiro atoms. The number of Topliss-reactive ketones (excluding diaryl/α,β-unsaturated/α-hetero) is 2. The molecule has 1 aliphatic rings. The number of ketones is 2. The normalized spacial score (nSPS) is 20.2. The van der Waals surface area contributed by atoms with Crippen LogP contribution in [-0.2, 0) is 4.74 Å². The highest BCUT2D eigenvalue weighted by Crippen LogP contribution is 2.23. The molecule has 1 aromatic rings. The van der Waals surface area contributed by atoms with Crippen LogP contribution in [0.15, 0.2) is 0 Å². The minimum absolute atomic E-state index is 0.0735. The van der Waals surface area contributed by atoms with Crippen molar-refractivity contribution in [1.29, 1.82) is 0 Å². The lowest BCUT2D eigenvalue weighted by Gasteiger charge is -2.23. The molecule has 0 bridgehead atoms. The molecule has 1 fully saturated rings. The molecule has 0 amide bonds. The third kappa shape index (κ3) is 2.41. The van der Waals surface area contributed by atoms with Crippen LogP contribution in [0.2, 0.25) is 0 Å². The van der Waals surface area contributed by atoms with Crippen molar-refractivity contribution in [3.8, 4) is 0 Å². The van der Waals surface area contributed by atoms with E-state index < -0.39 is 0 Å². The Morgan fingerprint density at radius 3 is 2.59 bits per heavy atom. The third-order valence-electron chi connectivity index (χ3n) is 2.69. The second-order valence-corrected chi connectivity index (χ2v) is 4.14. The highest BCUT2D eigenvalue weighted by Gasteiger charge is 2.24. The van der Waals surface area contributed by atoms with Gasteiger partial charge in [0.1, 0.15) is 0 Å². The molecule has 1 saturated heterocycles. The molecule has 6 heteroatoms. The van der Waals surface area contributed by atoms with Gasteiger partial charge in [-0.15, -0.1) is 5.10 Å². The van der Waals surface area contributed by atoms with Crippen molar-refractivity contribution in [2.45, 2.75) is 39.3 Å². The van der Waals surface area contributed by atoms with Gasteiger partial charge in [-0.25, -0.2) is 9.67 Å². The van der Waals surface area contributed by atoms with Crippen molar-refractivity contribution in [2.24, 2.45) is 0 Å². The largest absolute Gasteiger partial charge is 0.356 e. The lowest BCUT2D eigenvalue weighted by Crippen LogP contribution is -2.22. The number of nitrogens with zero attached hydrogens (tertiary/aromatic N) is 3. The third-order valence-corrected chi connectivity index (χ3v) is 2.69. The van der Waals surface area contributed by atoms with E-state index >= 15 is 0 Å². The molecule has 1 aromatic heterocycles. The van der Waals surface area contributed by atoms with E-state index in [-0.39, 0.29) is 29.4 Å². The molecule has 1 atom stereocenters. The number of aromatic nitrogens is 3. The molecule has 1 aliphatic heterocycles. The molecule has 0 aliphatic carbocycles. The fourth-order valence-corrected chi connectivity index (χ4v) is 1.83. The predicted octanol–water partition coefficient (Wildman–Crippen LogP) is 1.38. The van der Waals surface area contributed by atoms with Crippen LogP contribution in [0.5, 0.6) is 0 Å². The minimum Gasteiger partial charge on any atom is -0.356 e. The van der Waals surface area contributed by atoms with Gasteiger partial charge in [-0.1, -0.05) is 0 Å². The first-order valence-corrected chi connectivity index (χ1v) is 5.69. The van der Waals surface area contributed by atoms with Gasteiger partial charge in [0.05, 0.1) is 0 Å². The summed E-state index contributed by atoms with van der Waals surface area (Å²) >= 11 is 0. The topological polar surface area (TPSA) is 74.1 Å². The SMILES string of the molecule is CC(=O)c1nc(C(C)=O)n([C@H]2CCCCO2)n1. The number of carbonyl (C=O) groups excluding carboxylic acids is 2. The van der Waals surface area contributed by atoms with E-state index in [1.165, 1.54) is 18.5 Å². The first-order valence-electron chi connectivity index (χ1n) is 5.69. The molecular formula is C11H15N3O3. The van der Waals surface area contributed by atoms with Crippen LogP contribution in [0.4, 0.5) is 0 Å². The summed E-state index contributed by atoms with van der Waals surface area (Å²) in [6.45, 7) is 3.44. The van der Waals surface area contributed by atoms with E-state index in [2.05, 4.69) is 10.1 Å². The summed E-state index contributed by atoms with van der Waals surface area (Å²) in [6, 6.07) is 0. The summed E-state index contributed by atoms with van der Waals surface area (Å²) < 4.78 is 6.99. The monoisotopic (exact) mass is 237 g/mol. The van der Waals surface area contributed by atoms with Gasteiger partial charge >= 0.3 is 0 Å². The standard InChI is InChI=1S/C11H15N3O3/c1-7(15)10-12-11(8(2)16)14(13-10)9-5-3-4-6-17-9/h9H,3-6H2,1-2H3/t9-/m1/s1. The van der Waals surface area contributed by atoms with E-state index in [0.717, 1.165) is 19.3 Å².